The summed E-state index contributed by atoms with van der Waals surface area (Å²) in [4.78, 5) is 24.3. The van der Waals surface area contributed by atoms with Gasteiger partial charge in [-0.05, 0) is 18.4 Å². The van der Waals surface area contributed by atoms with Gasteiger partial charge in [-0.15, -0.1) is 0 Å². The third kappa shape index (κ3) is 7.11. The zero-order valence-corrected chi connectivity index (χ0v) is 14.4. The molecule has 25 heavy (non-hydrogen) atoms. The van der Waals surface area contributed by atoms with Gasteiger partial charge in [0.2, 0.25) is 0 Å². The van der Waals surface area contributed by atoms with Crippen LogP contribution in [-0.2, 0) is 20.9 Å². The number of nitrogens with one attached hydrogen (secondary N) is 1. The molecule has 2 N–H and O–H groups in total. The number of carbonyl (C=O) groups excluding carboxylic acids is 1. The average molecular weight is 350 g/mol. The van der Waals surface area contributed by atoms with E-state index in [1.165, 1.54) is 0 Å². The molecule has 1 saturated heterocycles. The maximum Gasteiger partial charge on any atom is 0.317 e. The van der Waals surface area contributed by atoms with Gasteiger partial charge in [-0.2, -0.15) is 0 Å². The van der Waals surface area contributed by atoms with E-state index in [4.69, 9.17) is 14.6 Å². The lowest BCUT2D eigenvalue weighted by atomic mass is 10.1. The van der Waals surface area contributed by atoms with Crippen LogP contribution in [0.1, 0.15) is 18.4 Å². The number of ether oxygens (including phenoxy) is 2. The average Bonchev–Trinajstić information content (AvgIpc) is 3.11. The van der Waals surface area contributed by atoms with Gasteiger partial charge in [-0.1, -0.05) is 30.3 Å². The van der Waals surface area contributed by atoms with Gasteiger partial charge in [-0.3, -0.25) is 4.79 Å². The highest BCUT2D eigenvalue weighted by atomic mass is 16.5. The van der Waals surface area contributed by atoms with E-state index in [1.807, 2.05) is 30.3 Å². The fourth-order valence-corrected chi connectivity index (χ4v) is 2.61. The second-order valence-corrected chi connectivity index (χ2v) is 6.01. The number of urea groups is 1. The number of aliphatic carboxylic acids is 1. The van der Waals surface area contributed by atoms with Gasteiger partial charge in [-0.25, -0.2) is 4.79 Å². The van der Waals surface area contributed by atoms with E-state index in [-0.39, 0.29) is 12.6 Å². The molecule has 7 heteroatoms. The van der Waals surface area contributed by atoms with Crippen molar-refractivity contribution in [3.8, 4) is 0 Å². The molecular formula is C18H26N2O5. The maximum atomic E-state index is 11.9. The van der Waals surface area contributed by atoms with E-state index in [0.717, 1.165) is 5.56 Å². The van der Waals surface area contributed by atoms with E-state index in [0.29, 0.717) is 52.4 Å². The van der Waals surface area contributed by atoms with Crippen LogP contribution in [0.3, 0.4) is 0 Å². The molecule has 1 aromatic rings. The van der Waals surface area contributed by atoms with Gasteiger partial charge in [0, 0.05) is 26.2 Å². The zero-order valence-electron chi connectivity index (χ0n) is 14.4. The van der Waals surface area contributed by atoms with Gasteiger partial charge in [0.1, 0.15) is 0 Å². The summed E-state index contributed by atoms with van der Waals surface area (Å²) in [5.74, 6) is -1.27. The highest BCUT2D eigenvalue weighted by Crippen LogP contribution is 2.15. The molecule has 1 unspecified atom stereocenters. The summed E-state index contributed by atoms with van der Waals surface area (Å²) >= 11 is 0. The molecule has 0 saturated carbocycles. The van der Waals surface area contributed by atoms with E-state index in [2.05, 4.69) is 5.32 Å². The van der Waals surface area contributed by atoms with E-state index in [1.54, 1.807) is 4.90 Å². The molecule has 0 radical (unpaired) electrons. The topological polar surface area (TPSA) is 88.1 Å². The summed E-state index contributed by atoms with van der Waals surface area (Å²) in [6, 6.07) is 9.76. The number of benzene rings is 1. The smallest absolute Gasteiger partial charge is 0.317 e. The first-order valence-corrected chi connectivity index (χ1v) is 8.62. The second kappa shape index (κ2) is 10.7. The number of carbonyl (C=O) groups is 2. The number of amides is 2. The molecule has 1 aromatic carbocycles. The Hall–Kier alpha value is -2.12. The van der Waals surface area contributed by atoms with E-state index >= 15 is 0 Å². The predicted octanol–water partition coefficient (Wildman–Crippen LogP) is 1.73. The Labute approximate surface area is 147 Å². The van der Waals surface area contributed by atoms with Gasteiger partial charge in [0.25, 0.3) is 0 Å². The lowest BCUT2D eigenvalue weighted by Crippen LogP contribution is -2.39. The summed E-state index contributed by atoms with van der Waals surface area (Å²) < 4.78 is 11.0. The first kappa shape index (κ1) is 19.2. The van der Waals surface area contributed by atoms with Crippen molar-refractivity contribution in [1.82, 2.24) is 10.2 Å². The third-order valence-corrected chi connectivity index (χ3v) is 4.05. The summed E-state index contributed by atoms with van der Waals surface area (Å²) in [6.45, 7) is 3.48. The minimum Gasteiger partial charge on any atom is -0.481 e. The Morgan fingerprint density at radius 1 is 1.16 bits per heavy atom. The zero-order chi connectivity index (χ0) is 17.9. The van der Waals surface area contributed by atoms with Gasteiger partial charge < -0.3 is 24.8 Å². The third-order valence-electron chi connectivity index (χ3n) is 4.05. The van der Waals surface area contributed by atoms with Crippen LogP contribution in [0.4, 0.5) is 4.79 Å². The van der Waals surface area contributed by atoms with Crippen molar-refractivity contribution in [2.24, 2.45) is 5.92 Å². The standard InChI is InChI=1S/C18H26N2O5/c21-17(22)16-7-9-20(13-16)18(23)19-8-4-10-24-11-12-25-14-15-5-2-1-3-6-15/h1-3,5-6,16H,4,7-14H2,(H,19,23)(H,21,22). The quantitative estimate of drug-likeness (QED) is 0.628. The molecule has 1 aliphatic heterocycles. The molecule has 1 atom stereocenters. The molecule has 1 aliphatic rings. The number of hydrogen-bond donors (Lipinski definition) is 2. The Morgan fingerprint density at radius 3 is 2.64 bits per heavy atom. The minimum atomic E-state index is -0.835. The van der Waals surface area contributed by atoms with Crippen LogP contribution >= 0.6 is 0 Å². The lowest BCUT2D eigenvalue weighted by molar-refractivity contribution is -0.141. The molecule has 7 nitrogen and oxygen atoms in total. The highest BCUT2D eigenvalue weighted by molar-refractivity contribution is 5.77. The monoisotopic (exact) mass is 350 g/mol. The van der Waals surface area contributed by atoms with Crippen LogP contribution < -0.4 is 5.32 Å². The van der Waals surface area contributed by atoms with Crippen molar-refractivity contribution in [3.05, 3.63) is 35.9 Å². The van der Waals surface area contributed by atoms with E-state index < -0.39 is 11.9 Å². The van der Waals surface area contributed by atoms with Crippen molar-refractivity contribution in [3.63, 3.8) is 0 Å². The van der Waals surface area contributed by atoms with Crippen molar-refractivity contribution in [1.29, 1.82) is 0 Å². The maximum absolute atomic E-state index is 11.9. The van der Waals surface area contributed by atoms with Crippen LogP contribution in [0.15, 0.2) is 30.3 Å². The molecule has 2 rings (SSSR count). The Morgan fingerprint density at radius 2 is 1.92 bits per heavy atom. The Kier molecular flexibility index (Phi) is 8.21. The summed E-state index contributed by atoms with van der Waals surface area (Å²) in [5.41, 5.74) is 1.14. The van der Waals surface area contributed by atoms with Crippen LogP contribution in [0, 0.1) is 5.92 Å². The van der Waals surface area contributed by atoms with Crippen LogP contribution in [0.5, 0.6) is 0 Å². The molecule has 0 bridgehead atoms. The number of rotatable bonds is 10. The number of hydrogen-bond acceptors (Lipinski definition) is 4. The number of carboxylic acid groups (broad SMARTS) is 1. The predicted molar refractivity (Wildman–Crippen MR) is 92.2 cm³/mol. The SMILES string of the molecule is O=C(O)C1CCN(C(=O)NCCCOCCOCc2ccccc2)C1. The highest BCUT2D eigenvalue weighted by Gasteiger charge is 2.30. The van der Waals surface area contributed by atoms with Crippen LogP contribution in [-0.4, -0.2) is 61.5 Å². The molecule has 2 amide bonds. The fourth-order valence-electron chi connectivity index (χ4n) is 2.61. The first-order chi connectivity index (χ1) is 12.2. The van der Waals surface area contributed by atoms with Crippen molar-refractivity contribution < 1.29 is 24.2 Å². The fraction of sp³-hybridized carbons (Fsp3) is 0.556. The Balaban J connectivity index is 1.42. The first-order valence-electron chi connectivity index (χ1n) is 8.62. The molecule has 138 valence electrons. The van der Waals surface area contributed by atoms with Gasteiger partial charge >= 0.3 is 12.0 Å². The molecule has 1 heterocycles. The van der Waals surface area contributed by atoms with Crippen molar-refractivity contribution >= 4 is 12.0 Å². The number of likely N-dealkylation sites (tertiary alicyclic amines) is 1. The summed E-state index contributed by atoms with van der Waals surface area (Å²) in [5, 5.41) is 11.7. The van der Waals surface area contributed by atoms with Gasteiger partial charge in [0.05, 0.1) is 25.7 Å². The van der Waals surface area contributed by atoms with Crippen molar-refractivity contribution in [2.45, 2.75) is 19.4 Å². The summed E-state index contributed by atoms with van der Waals surface area (Å²) in [7, 11) is 0. The summed E-state index contributed by atoms with van der Waals surface area (Å²) in [6.07, 6.45) is 1.23. The van der Waals surface area contributed by atoms with Crippen LogP contribution in [0.2, 0.25) is 0 Å². The Bertz CT molecular complexity index is 538. The molecule has 0 spiro atoms. The van der Waals surface area contributed by atoms with Gasteiger partial charge in [0.15, 0.2) is 0 Å². The molecule has 0 aliphatic carbocycles. The normalized spacial score (nSPS) is 16.8. The number of carboxylic acids is 1. The largest absolute Gasteiger partial charge is 0.481 e. The molecule has 0 aromatic heterocycles. The molecule has 1 fully saturated rings. The van der Waals surface area contributed by atoms with Crippen molar-refractivity contribution in [2.75, 3.05) is 39.5 Å². The van der Waals surface area contributed by atoms with Crippen LogP contribution in [0.25, 0.3) is 0 Å². The van der Waals surface area contributed by atoms with E-state index in [9.17, 15) is 9.59 Å². The second-order valence-electron chi connectivity index (χ2n) is 6.01. The minimum absolute atomic E-state index is 0.199. The lowest BCUT2D eigenvalue weighted by Gasteiger charge is -2.16. The number of nitrogens with zero attached hydrogens (tertiary/aromatic N) is 1. The molecular weight excluding hydrogens is 324 g/mol.